The summed E-state index contributed by atoms with van der Waals surface area (Å²) >= 11 is 0. The Kier molecular flexibility index (Phi) is 16.5. The molecule has 0 heterocycles. The highest BCUT2D eigenvalue weighted by molar-refractivity contribution is 7.74. The number of aliphatic hydroxyl groups excluding tert-OH is 1. The zero-order chi connectivity index (χ0) is 16.5. The quantitative estimate of drug-likeness (QED) is 0.223. The van der Waals surface area contributed by atoms with Crippen molar-refractivity contribution in [3.8, 4) is 0 Å². The summed E-state index contributed by atoms with van der Waals surface area (Å²) in [5.74, 6) is 0. The minimum atomic E-state index is -0.960. The van der Waals surface area contributed by atoms with E-state index in [4.69, 9.17) is 0 Å². The lowest BCUT2D eigenvalue weighted by molar-refractivity contribution is 0.367. The van der Waals surface area contributed by atoms with Gasteiger partial charge >= 0.3 is 0 Å². The summed E-state index contributed by atoms with van der Waals surface area (Å²) in [6.07, 6.45) is 23.0. The molecule has 0 aliphatic carbocycles. The van der Waals surface area contributed by atoms with Crippen molar-refractivity contribution in [2.75, 3.05) is 25.3 Å². The van der Waals surface area contributed by atoms with Gasteiger partial charge in [0.15, 0.2) is 6.35 Å². The van der Waals surface area contributed by atoms with Crippen LogP contribution < -0.4 is 0 Å². The molecule has 0 saturated carbocycles. The monoisotopic (exact) mass is 331 g/mol. The van der Waals surface area contributed by atoms with Gasteiger partial charge in [-0.1, -0.05) is 84.0 Å². The van der Waals surface area contributed by atoms with E-state index in [1.807, 2.05) is 0 Å². The molecule has 1 N–H and O–H groups in total. The van der Waals surface area contributed by atoms with E-state index in [9.17, 15) is 5.11 Å². The van der Waals surface area contributed by atoms with E-state index in [0.29, 0.717) is 6.35 Å². The first-order valence-corrected chi connectivity index (χ1v) is 12.9. The number of hydrogen-bond acceptors (Lipinski definition) is 1. The van der Waals surface area contributed by atoms with Crippen molar-refractivity contribution in [1.29, 1.82) is 0 Å². The number of aliphatic hydroxyl groups is 1. The molecular weight excluding hydrogens is 287 g/mol. The van der Waals surface area contributed by atoms with Crippen LogP contribution in [0.4, 0.5) is 0 Å². The van der Waals surface area contributed by atoms with Crippen LogP contribution in [0.5, 0.6) is 0 Å². The average Bonchev–Trinajstić information content (AvgIpc) is 2.55. The summed E-state index contributed by atoms with van der Waals surface area (Å²) in [6.45, 7) is 6.86. The Balaban J connectivity index is 3.14. The molecule has 0 amide bonds. The Labute approximate surface area is 142 Å². The van der Waals surface area contributed by atoms with Crippen molar-refractivity contribution in [2.24, 2.45) is 0 Å². The molecule has 1 unspecified atom stereocenters. The molecular formula is C20H44OP+. The van der Waals surface area contributed by atoms with Crippen LogP contribution in [0.25, 0.3) is 0 Å². The SMILES string of the molecule is CCCCCCCCCCCCCCCC[P+](C)(CC)CO. The highest BCUT2D eigenvalue weighted by atomic mass is 31.2. The first-order chi connectivity index (χ1) is 10.7. The fourth-order valence-corrected chi connectivity index (χ4v) is 4.66. The zero-order valence-electron chi connectivity index (χ0n) is 15.9. The van der Waals surface area contributed by atoms with Gasteiger partial charge < -0.3 is 5.11 Å². The maximum atomic E-state index is 9.44. The largest absolute Gasteiger partial charge is 0.362 e. The van der Waals surface area contributed by atoms with E-state index in [1.165, 1.54) is 102 Å². The van der Waals surface area contributed by atoms with Crippen LogP contribution >= 0.6 is 7.26 Å². The predicted molar refractivity (Wildman–Crippen MR) is 106 cm³/mol. The van der Waals surface area contributed by atoms with E-state index in [2.05, 4.69) is 20.5 Å². The molecule has 0 bridgehead atoms. The van der Waals surface area contributed by atoms with Gasteiger partial charge in [0.2, 0.25) is 0 Å². The van der Waals surface area contributed by atoms with Gasteiger partial charge in [0, 0.05) is 7.26 Å². The van der Waals surface area contributed by atoms with Crippen molar-refractivity contribution < 1.29 is 5.11 Å². The lowest BCUT2D eigenvalue weighted by Crippen LogP contribution is -2.04. The predicted octanol–water partition coefficient (Wildman–Crippen LogP) is 7.08. The van der Waals surface area contributed by atoms with E-state index in [-0.39, 0.29) is 0 Å². The van der Waals surface area contributed by atoms with Gasteiger partial charge in [-0.3, -0.25) is 0 Å². The number of unbranched alkanes of at least 4 members (excludes halogenated alkanes) is 13. The summed E-state index contributed by atoms with van der Waals surface area (Å²) in [7, 11) is -0.960. The van der Waals surface area contributed by atoms with Crippen LogP contribution in [-0.2, 0) is 0 Å². The molecule has 0 spiro atoms. The molecule has 0 fully saturated rings. The highest BCUT2D eigenvalue weighted by Crippen LogP contribution is 2.54. The molecule has 0 aliphatic heterocycles. The normalized spacial score (nSPS) is 14.2. The van der Waals surface area contributed by atoms with Gasteiger partial charge in [-0.15, -0.1) is 0 Å². The Morgan fingerprint density at radius 3 is 1.27 bits per heavy atom. The van der Waals surface area contributed by atoms with Crippen LogP contribution in [0.2, 0.25) is 0 Å². The Bertz CT molecular complexity index is 214. The standard InChI is InChI=1S/C20H44OP/c1-4-6-7-8-9-10-11-12-13-14-15-16-17-18-19-22(3,5-2)20-21/h21H,4-20H2,1-3H3/q+1. The van der Waals surface area contributed by atoms with Crippen molar-refractivity contribution in [1.82, 2.24) is 0 Å². The van der Waals surface area contributed by atoms with E-state index >= 15 is 0 Å². The van der Waals surface area contributed by atoms with Crippen LogP contribution in [0, 0.1) is 0 Å². The third kappa shape index (κ3) is 14.0. The Morgan fingerprint density at radius 2 is 0.955 bits per heavy atom. The molecule has 0 aromatic rings. The Morgan fingerprint density at radius 1 is 0.591 bits per heavy atom. The maximum absolute atomic E-state index is 9.44. The molecule has 0 aromatic heterocycles. The molecule has 0 radical (unpaired) electrons. The maximum Gasteiger partial charge on any atom is 0.153 e. The lowest BCUT2D eigenvalue weighted by Gasteiger charge is -2.18. The number of hydrogen-bond donors (Lipinski definition) is 1. The second-order valence-electron chi connectivity index (χ2n) is 7.40. The zero-order valence-corrected chi connectivity index (χ0v) is 16.8. The first kappa shape index (κ1) is 22.4. The third-order valence-corrected chi connectivity index (χ3v) is 8.76. The molecule has 0 aromatic carbocycles. The highest BCUT2D eigenvalue weighted by Gasteiger charge is 2.26. The molecule has 2 heteroatoms. The summed E-state index contributed by atoms with van der Waals surface area (Å²) < 4.78 is 0. The van der Waals surface area contributed by atoms with Crippen LogP contribution in [0.3, 0.4) is 0 Å². The van der Waals surface area contributed by atoms with E-state index < -0.39 is 7.26 Å². The van der Waals surface area contributed by atoms with Gasteiger partial charge in [0.25, 0.3) is 0 Å². The van der Waals surface area contributed by atoms with Crippen molar-refractivity contribution >= 4 is 7.26 Å². The Hall–Kier alpha value is 0.390. The smallest absolute Gasteiger partial charge is 0.153 e. The van der Waals surface area contributed by atoms with Gasteiger partial charge in [-0.05, 0) is 19.8 Å². The molecule has 1 nitrogen and oxygen atoms in total. The molecule has 0 rings (SSSR count). The first-order valence-electron chi connectivity index (χ1n) is 10.1. The van der Waals surface area contributed by atoms with Crippen LogP contribution in [-0.4, -0.2) is 30.4 Å². The van der Waals surface area contributed by atoms with Gasteiger partial charge in [0.05, 0.1) is 19.0 Å². The van der Waals surface area contributed by atoms with E-state index in [1.54, 1.807) is 0 Å². The van der Waals surface area contributed by atoms with Crippen molar-refractivity contribution in [3.05, 3.63) is 0 Å². The van der Waals surface area contributed by atoms with Crippen molar-refractivity contribution in [3.63, 3.8) is 0 Å². The molecule has 134 valence electrons. The summed E-state index contributed by atoms with van der Waals surface area (Å²) in [4.78, 5) is 0. The van der Waals surface area contributed by atoms with Crippen LogP contribution in [0.15, 0.2) is 0 Å². The lowest BCUT2D eigenvalue weighted by atomic mass is 10.0. The van der Waals surface area contributed by atoms with Gasteiger partial charge in [-0.2, -0.15) is 0 Å². The average molecular weight is 332 g/mol. The van der Waals surface area contributed by atoms with Gasteiger partial charge in [-0.25, -0.2) is 0 Å². The second kappa shape index (κ2) is 16.3. The minimum absolute atomic E-state index is 0.460. The molecule has 0 aliphatic rings. The molecule has 0 saturated heterocycles. The fraction of sp³-hybridized carbons (Fsp3) is 1.00. The number of rotatable bonds is 17. The summed E-state index contributed by atoms with van der Waals surface area (Å²) in [5.41, 5.74) is 0. The molecule has 1 atom stereocenters. The van der Waals surface area contributed by atoms with Gasteiger partial charge in [0.1, 0.15) is 0 Å². The summed E-state index contributed by atoms with van der Waals surface area (Å²) in [6, 6.07) is 0. The topological polar surface area (TPSA) is 20.2 Å². The minimum Gasteiger partial charge on any atom is -0.362 e. The van der Waals surface area contributed by atoms with E-state index in [0.717, 1.165) is 0 Å². The third-order valence-electron chi connectivity index (χ3n) is 5.16. The molecule has 22 heavy (non-hydrogen) atoms. The van der Waals surface area contributed by atoms with Crippen LogP contribution in [0.1, 0.15) is 104 Å². The fourth-order valence-electron chi connectivity index (χ4n) is 3.02. The van der Waals surface area contributed by atoms with Crippen molar-refractivity contribution in [2.45, 2.75) is 104 Å². The second-order valence-corrected chi connectivity index (χ2v) is 12.0. The summed E-state index contributed by atoms with van der Waals surface area (Å²) in [5, 5.41) is 9.44.